The van der Waals surface area contributed by atoms with Gasteiger partial charge in [-0.15, -0.1) is 0 Å². The molecule has 0 bridgehead atoms. The Bertz CT molecular complexity index is 783. The summed E-state index contributed by atoms with van der Waals surface area (Å²) in [6.07, 6.45) is 0.00176. The van der Waals surface area contributed by atoms with Crippen LogP contribution >= 0.6 is 0 Å². The first-order chi connectivity index (χ1) is 12.3. The van der Waals surface area contributed by atoms with Crippen LogP contribution in [0.1, 0.15) is 40.1 Å². The standard InChI is InChI=1S/C20H23NO5/c1-13(2)26-17-10-9-16(11-18(17)25-4)19(22)21(3)12-14-5-7-15(8-6-14)20(23)24/h5-11,13H,12H2,1-4H3,(H,23,24). The van der Waals surface area contributed by atoms with Gasteiger partial charge in [0.25, 0.3) is 5.91 Å². The van der Waals surface area contributed by atoms with Crippen LogP contribution in [0.15, 0.2) is 42.5 Å². The summed E-state index contributed by atoms with van der Waals surface area (Å²) in [7, 11) is 3.23. The van der Waals surface area contributed by atoms with E-state index in [1.807, 2.05) is 13.8 Å². The van der Waals surface area contributed by atoms with Crippen LogP contribution in [0.2, 0.25) is 0 Å². The van der Waals surface area contributed by atoms with Crippen LogP contribution in [-0.2, 0) is 6.54 Å². The van der Waals surface area contributed by atoms with Gasteiger partial charge in [0.1, 0.15) is 0 Å². The summed E-state index contributed by atoms with van der Waals surface area (Å²) in [6, 6.07) is 11.5. The maximum Gasteiger partial charge on any atom is 0.335 e. The number of carbonyl (C=O) groups excluding carboxylic acids is 1. The van der Waals surface area contributed by atoms with E-state index in [1.54, 1.807) is 42.3 Å². The molecule has 2 aromatic rings. The number of carboxylic acids is 1. The van der Waals surface area contributed by atoms with Crippen LogP contribution in [-0.4, -0.2) is 42.1 Å². The van der Waals surface area contributed by atoms with Gasteiger partial charge in [-0.1, -0.05) is 12.1 Å². The molecule has 0 saturated carbocycles. The molecule has 0 heterocycles. The lowest BCUT2D eigenvalue weighted by Gasteiger charge is -2.19. The fourth-order valence-corrected chi connectivity index (χ4v) is 2.47. The minimum Gasteiger partial charge on any atom is -0.493 e. The van der Waals surface area contributed by atoms with Gasteiger partial charge < -0.3 is 19.5 Å². The van der Waals surface area contributed by atoms with Crippen LogP contribution in [0.4, 0.5) is 0 Å². The molecule has 6 heteroatoms. The molecule has 0 atom stereocenters. The van der Waals surface area contributed by atoms with E-state index in [2.05, 4.69) is 0 Å². The van der Waals surface area contributed by atoms with Gasteiger partial charge in [0.05, 0.1) is 18.8 Å². The summed E-state index contributed by atoms with van der Waals surface area (Å²) < 4.78 is 11.0. The second-order valence-corrected chi connectivity index (χ2v) is 6.20. The molecule has 26 heavy (non-hydrogen) atoms. The van der Waals surface area contributed by atoms with Crippen molar-refractivity contribution in [3.05, 3.63) is 59.2 Å². The smallest absolute Gasteiger partial charge is 0.335 e. The molecule has 0 aliphatic carbocycles. The lowest BCUT2D eigenvalue weighted by Crippen LogP contribution is -2.26. The van der Waals surface area contributed by atoms with Gasteiger partial charge in [0, 0.05) is 19.2 Å². The fraction of sp³-hybridized carbons (Fsp3) is 0.300. The molecule has 0 aliphatic rings. The molecule has 0 saturated heterocycles. The minimum absolute atomic E-state index is 0.00176. The van der Waals surface area contributed by atoms with E-state index in [1.165, 1.54) is 19.2 Å². The molecule has 0 unspecified atom stereocenters. The highest BCUT2D eigenvalue weighted by atomic mass is 16.5. The summed E-state index contributed by atoms with van der Waals surface area (Å²) >= 11 is 0. The summed E-state index contributed by atoms with van der Waals surface area (Å²) in [5.74, 6) is -0.0480. The number of nitrogens with zero attached hydrogens (tertiary/aromatic N) is 1. The van der Waals surface area contributed by atoms with Gasteiger partial charge in [-0.25, -0.2) is 4.79 Å². The number of hydrogen-bond acceptors (Lipinski definition) is 4. The Hall–Kier alpha value is -3.02. The van der Waals surface area contributed by atoms with Crippen molar-refractivity contribution in [2.45, 2.75) is 26.5 Å². The number of ether oxygens (including phenoxy) is 2. The van der Waals surface area contributed by atoms with Gasteiger partial charge in [-0.2, -0.15) is 0 Å². The summed E-state index contributed by atoms with van der Waals surface area (Å²) in [5.41, 5.74) is 1.55. The molecule has 6 nitrogen and oxygen atoms in total. The molecule has 0 radical (unpaired) electrons. The van der Waals surface area contributed by atoms with Gasteiger partial charge in [0.15, 0.2) is 11.5 Å². The molecule has 138 valence electrons. The number of carboxylic acid groups (broad SMARTS) is 1. The highest BCUT2D eigenvalue weighted by molar-refractivity contribution is 5.94. The van der Waals surface area contributed by atoms with Crippen molar-refractivity contribution in [1.82, 2.24) is 4.90 Å². The molecule has 1 amide bonds. The number of methoxy groups -OCH3 is 1. The molecule has 0 aromatic heterocycles. The van der Waals surface area contributed by atoms with Crippen LogP contribution < -0.4 is 9.47 Å². The molecule has 2 rings (SSSR count). The van der Waals surface area contributed by atoms with Crippen molar-refractivity contribution in [2.75, 3.05) is 14.2 Å². The number of hydrogen-bond donors (Lipinski definition) is 1. The monoisotopic (exact) mass is 357 g/mol. The topological polar surface area (TPSA) is 76.1 Å². The Morgan fingerprint density at radius 1 is 1.04 bits per heavy atom. The molecule has 0 fully saturated rings. The van der Waals surface area contributed by atoms with E-state index in [4.69, 9.17) is 14.6 Å². The first kappa shape index (κ1) is 19.3. The van der Waals surface area contributed by atoms with Crippen molar-refractivity contribution in [2.24, 2.45) is 0 Å². The number of benzene rings is 2. The van der Waals surface area contributed by atoms with E-state index >= 15 is 0 Å². The molecule has 2 aromatic carbocycles. The maximum absolute atomic E-state index is 12.7. The van der Waals surface area contributed by atoms with Crippen molar-refractivity contribution in [3.63, 3.8) is 0 Å². The van der Waals surface area contributed by atoms with Crippen molar-refractivity contribution < 1.29 is 24.2 Å². The van der Waals surface area contributed by atoms with E-state index in [-0.39, 0.29) is 17.6 Å². The van der Waals surface area contributed by atoms with Gasteiger partial charge >= 0.3 is 5.97 Å². The van der Waals surface area contributed by atoms with Crippen LogP contribution in [0, 0.1) is 0 Å². The molecule has 0 spiro atoms. The van der Waals surface area contributed by atoms with E-state index in [0.717, 1.165) is 5.56 Å². The van der Waals surface area contributed by atoms with E-state index in [0.29, 0.717) is 23.6 Å². The Kier molecular flexibility index (Phi) is 6.22. The lowest BCUT2D eigenvalue weighted by molar-refractivity contribution is 0.0695. The zero-order valence-electron chi connectivity index (χ0n) is 15.4. The van der Waals surface area contributed by atoms with Crippen molar-refractivity contribution in [3.8, 4) is 11.5 Å². The predicted molar refractivity (Wildman–Crippen MR) is 98.0 cm³/mol. The summed E-state index contributed by atoms with van der Waals surface area (Å²) in [4.78, 5) is 25.1. The fourth-order valence-electron chi connectivity index (χ4n) is 2.47. The Labute approximate surface area is 153 Å². The van der Waals surface area contributed by atoms with Gasteiger partial charge in [-0.05, 0) is 49.7 Å². The highest BCUT2D eigenvalue weighted by Gasteiger charge is 2.16. The third-order valence-electron chi connectivity index (χ3n) is 3.74. The molecule has 0 aliphatic heterocycles. The number of rotatable bonds is 7. The summed E-state index contributed by atoms with van der Waals surface area (Å²) in [6.45, 7) is 4.20. The summed E-state index contributed by atoms with van der Waals surface area (Å²) in [5, 5.41) is 8.93. The van der Waals surface area contributed by atoms with E-state index < -0.39 is 5.97 Å². The second-order valence-electron chi connectivity index (χ2n) is 6.20. The SMILES string of the molecule is COc1cc(C(=O)N(C)Cc2ccc(C(=O)O)cc2)ccc1OC(C)C. The van der Waals surface area contributed by atoms with Crippen LogP contribution in [0.5, 0.6) is 11.5 Å². The third kappa shape index (κ3) is 4.75. The zero-order valence-corrected chi connectivity index (χ0v) is 15.4. The molecular formula is C20H23NO5. The van der Waals surface area contributed by atoms with Gasteiger partial charge in [0.2, 0.25) is 0 Å². The molecular weight excluding hydrogens is 334 g/mol. The molecule has 1 N–H and O–H groups in total. The lowest BCUT2D eigenvalue weighted by atomic mass is 10.1. The first-order valence-electron chi connectivity index (χ1n) is 8.24. The highest BCUT2D eigenvalue weighted by Crippen LogP contribution is 2.29. The number of amides is 1. The third-order valence-corrected chi connectivity index (χ3v) is 3.74. The Morgan fingerprint density at radius 3 is 2.19 bits per heavy atom. The minimum atomic E-state index is -0.975. The average Bonchev–Trinajstić information content (AvgIpc) is 2.61. The van der Waals surface area contributed by atoms with Gasteiger partial charge in [-0.3, -0.25) is 4.79 Å². The normalized spacial score (nSPS) is 10.5. The number of carbonyl (C=O) groups is 2. The first-order valence-corrected chi connectivity index (χ1v) is 8.24. The predicted octanol–water partition coefficient (Wildman–Crippen LogP) is 3.45. The Morgan fingerprint density at radius 2 is 1.65 bits per heavy atom. The quantitative estimate of drug-likeness (QED) is 0.821. The van der Waals surface area contributed by atoms with Crippen molar-refractivity contribution in [1.29, 1.82) is 0 Å². The maximum atomic E-state index is 12.7. The number of aromatic carboxylic acids is 1. The average molecular weight is 357 g/mol. The second kappa shape index (κ2) is 8.38. The van der Waals surface area contributed by atoms with Crippen molar-refractivity contribution >= 4 is 11.9 Å². The Balaban J connectivity index is 2.13. The van der Waals surface area contributed by atoms with Crippen LogP contribution in [0.3, 0.4) is 0 Å². The largest absolute Gasteiger partial charge is 0.493 e. The van der Waals surface area contributed by atoms with Crippen LogP contribution in [0.25, 0.3) is 0 Å². The van der Waals surface area contributed by atoms with E-state index in [9.17, 15) is 9.59 Å². The zero-order chi connectivity index (χ0) is 19.3.